The number of halogens is 2. The summed E-state index contributed by atoms with van der Waals surface area (Å²) in [6.07, 6.45) is 3.49. The van der Waals surface area contributed by atoms with Gasteiger partial charge >= 0.3 is 0 Å². The minimum atomic E-state index is -2.66. The molecule has 3 heterocycles. The quantitative estimate of drug-likeness (QED) is 0.260. The molecule has 2 aliphatic rings. The molecule has 0 spiro atoms. The number of pyridine rings is 1. The number of piperazine rings is 1. The fraction of sp³-hybridized carbons (Fsp3) is 0.464. The van der Waals surface area contributed by atoms with E-state index in [1.807, 2.05) is 24.4 Å². The number of fused-ring (bicyclic) bond motifs is 1. The van der Waals surface area contributed by atoms with E-state index >= 15 is 0 Å². The summed E-state index contributed by atoms with van der Waals surface area (Å²) in [6.45, 7) is 11.3. The van der Waals surface area contributed by atoms with E-state index in [1.54, 1.807) is 0 Å². The number of aromatic nitrogens is 2. The third kappa shape index (κ3) is 5.92. The second-order valence-electron chi connectivity index (χ2n) is 10.2. The zero-order chi connectivity index (χ0) is 26.7. The maximum absolute atomic E-state index is 13.4. The van der Waals surface area contributed by atoms with E-state index < -0.39 is 11.8 Å². The summed E-state index contributed by atoms with van der Waals surface area (Å²) in [5, 5.41) is 12.6. The van der Waals surface area contributed by atoms with Crippen LogP contribution in [0.2, 0.25) is 0 Å². The van der Waals surface area contributed by atoms with Crippen LogP contribution >= 0.6 is 0 Å². The minimum absolute atomic E-state index is 0.202. The van der Waals surface area contributed by atoms with Crippen molar-refractivity contribution in [2.45, 2.75) is 38.8 Å². The van der Waals surface area contributed by atoms with Crippen LogP contribution in [0, 0.1) is 12.8 Å². The van der Waals surface area contributed by atoms with Crippen molar-refractivity contribution in [3.63, 3.8) is 0 Å². The van der Waals surface area contributed by atoms with E-state index in [0.29, 0.717) is 6.54 Å². The maximum atomic E-state index is 13.4. The van der Waals surface area contributed by atoms with Gasteiger partial charge in [-0.2, -0.15) is 0 Å². The SMILES string of the molecule is C=NOC(=NCc1ccc(C)c(-c2cnc3ccc(CN4CCN(CCO)CC4)cn23)c1)C1CC(F)(F)C1. The highest BCUT2D eigenvalue weighted by molar-refractivity contribution is 5.80. The van der Waals surface area contributed by atoms with Crippen LogP contribution in [0.15, 0.2) is 52.9 Å². The molecular formula is C28H34F2N6O2. The lowest BCUT2D eigenvalue weighted by Crippen LogP contribution is -2.46. The number of rotatable bonds is 9. The van der Waals surface area contributed by atoms with Crippen LogP contribution in [0.1, 0.15) is 29.5 Å². The van der Waals surface area contributed by atoms with Gasteiger partial charge in [0.1, 0.15) is 5.65 Å². The molecule has 2 aromatic heterocycles. The first-order valence-electron chi connectivity index (χ1n) is 13.0. The van der Waals surface area contributed by atoms with Gasteiger partial charge in [-0.05, 0) is 35.7 Å². The molecule has 0 atom stereocenters. The van der Waals surface area contributed by atoms with Crippen LogP contribution in [0.3, 0.4) is 0 Å². The smallest absolute Gasteiger partial charge is 0.249 e. The van der Waals surface area contributed by atoms with Crippen molar-refractivity contribution in [2.75, 3.05) is 39.3 Å². The van der Waals surface area contributed by atoms with Gasteiger partial charge < -0.3 is 9.94 Å². The lowest BCUT2D eigenvalue weighted by molar-refractivity contribution is -0.0956. The largest absolute Gasteiger partial charge is 0.395 e. The number of nitrogens with zero attached hydrogens (tertiary/aromatic N) is 6. The average molecular weight is 525 g/mol. The third-order valence-corrected chi connectivity index (χ3v) is 7.45. The molecule has 0 unspecified atom stereocenters. The number of hydrogen-bond donors (Lipinski definition) is 1. The fourth-order valence-corrected chi connectivity index (χ4v) is 5.24. The third-order valence-electron chi connectivity index (χ3n) is 7.45. The molecule has 202 valence electrons. The maximum Gasteiger partial charge on any atom is 0.249 e. The summed E-state index contributed by atoms with van der Waals surface area (Å²) in [7, 11) is 0. The number of oxime groups is 1. The van der Waals surface area contributed by atoms with Gasteiger partial charge in [0.05, 0.1) is 25.0 Å². The molecule has 3 aromatic rings. The predicted molar refractivity (Wildman–Crippen MR) is 144 cm³/mol. The number of alkyl halides is 2. The van der Waals surface area contributed by atoms with Crippen molar-refractivity contribution in [3.05, 3.63) is 59.4 Å². The Morgan fingerprint density at radius 2 is 1.87 bits per heavy atom. The van der Waals surface area contributed by atoms with Crippen molar-refractivity contribution < 1.29 is 18.7 Å². The summed E-state index contributed by atoms with van der Waals surface area (Å²) in [5.74, 6) is -2.89. The molecule has 10 heteroatoms. The van der Waals surface area contributed by atoms with Crippen LogP contribution in [0.4, 0.5) is 8.78 Å². The molecule has 1 aliphatic carbocycles. The number of aliphatic hydroxyl groups excluding tert-OH is 1. The zero-order valence-corrected chi connectivity index (χ0v) is 21.7. The van der Waals surface area contributed by atoms with Gasteiger partial charge in [0.15, 0.2) is 0 Å². The Labute approximate surface area is 221 Å². The lowest BCUT2D eigenvalue weighted by atomic mass is 9.81. The topological polar surface area (TPSA) is 78.0 Å². The number of benzene rings is 1. The highest BCUT2D eigenvalue weighted by atomic mass is 19.3. The van der Waals surface area contributed by atoms with E-state index in [9.17, 15) is 13.9 Å². The zero-order valence-electron chi connectivity index (χ0n) is 21.7. The molecule has 0 amide bonds. The minimum Gasteiger partial charge on any atom is -0.395 e. The molecule has 1 aliphatic heterocycles. The van der Waals surface area contributed by atoms with Crippen molar-refractivity contribution in [2.24, 2.45) is 16.1 Å². The first-order chi connectivity index (χ1) is 18.3. The molecule has 1 aromatic carbocycles. The van der Waals surface area contributed by atoms with Gasteiger partial charge in [0.2, 0.25) is 11.8 Å². The van der Waals surface area contributed by atoms with Crippen LogP contribution in [-0.4, -0.2) is 82.2 Å². The Balaban J connectivity index is 1.34. The monoisotopic (exact) mass is 524 g/mol. The first-order valence-corrected chi connectivity index (χ1v) is 13.0. The predicted octanol–water partition coefficient (Wildman–Crippen LogP) is 4.00. The standard InChI is InChI=1S/C28H34F2N6O2/c1-20-3-4-21(16-33-27(38-31-2)23-14-28(29,30)15-23)13-24(20)25-17-32-26-6-5-22(19-36(25)26)18-35-9-7-34(8-10-35)11-12-37/h3-6,13,17,19,23,37H,2,7-12,14-16,18H2,1H3. The Morgan fingerprint density at radius 3 is 2.58 bits per heavy atom. The highest BCUT2D eigenvalue weighted by Crippen LogP contribution is 2.43. The van der Waals surface area contributed by atoms with E-state index in [1.165, 1.54) is 5.56 Å². The second-order valence-corrected chi connectivity index (χ2v) is 10.2. The van der Waals surface area contributed by atoms with E-state index in [2.05, 4.69) is 61.3 Å². The van der Waals surface area contributed by atoms with Gasteiger partial charge in [-0.1, -0.05) is 23.4 Å². The summed E-state index contributed by atoms with van der Waals surface area (Å²) in [5.41, 5.74) is 6.15. The number of imidazole rings is 1. The van der Waals surface area contributed by atoms with Crippen LogP contribution in [0.5, 0.6) is 0 Å². The number of aryl methyl sites for hydroxylation is 1. The van der Waals surface area contributed by atoms with Gasteiger partial charge in [0.25, 0.3) is 0 Å². The van der Waals surface area contributed by atoms with Crippen molar-refractivity contribution in [3.8, 4) is 11.3 Å². The van der Waals surface area contributed by atoms with Crippen LogP contribution in [-0.2, 0) is 17.9 Å². The van der Waals surface area contributed by atoms with Crippen LogP contribution in [0.25, 0.3) is 16.9 Å². The van der Waals surface area contributed by atoms with Gasteiger partial charge in [-0.15, -0.1) is 0 Å². The lowest BCUT2D eigenvalue weighted by Gasteiger charge is -2.34. The summed E-state index contributed by atoms with van der Waals surface area (Å²) in [6, 6.07) is 10.3. The molecule has 8 nitrogen and oxygen atoms in total. The number of aliphatic hydroxyl groups is 1. The number of aliphatic imine (C=N–C) groups is 1. The molecule has 2 fully saturated rings. The van der Waals surface area contributed by atoms with E-state index in [0.717, 1.165) is 67.3 Å². The normalized spacial score (nSPS) is 19.0. The second kappa shape index (κ2) is 11.3. The van der Waals surface area contributed by atoms with E-state index in [4.69, 9.17) is 4.84 Å². The van der Waals surface area contributed by atoms with Gasteiger partial charge in [-0.3, -0.25) is 14.2 Å². The molecular weight excluding hydrogens is 490 g/mol. The van der Waals surface area contributed by atoms with Crippen molar-refractivity contribution in [1.82, 2.24) is 19.2 Å². The van der Waals surface area contributed by atoms with Crippen molar-refractivity contribution in [1.29, 1.82) is 0 Å². The number of β-amino-alcohol motifs (C(OH)–C–C–N with tert-alkyl or cyclic N) is 1. The van der Waals surface area contributed by atoms with Gasteiger partial charge in [-0.25, -0.2) is 18.8 Å². The average Bonchev–Trinajstić information content (AvgIpc) is 3.30. The molecule has 38 heavy (non-hydrogen) atoms. The summed E-state index contributed by atoms with van der Waals surface area (Å²) in [4.78, 5) is 18.9. The summed E-state index contributed by atoms with van der Waals surface area (Å²) < 4.78 is 28.8. The van der Waals surface area contributed by atoms with Crippen LogP contribution < -0.4 is 0 Å². The summed E-state index contributed by atoms with van der Waals surface area (Å²) >= 11 is 0. The Kier molecular flexibility index (Phi) is 7.83. The Hall–Kier alpha value is -3.21. The molecule has 1 saturated heterocycles. The Bertz CT molecular complexity index is 1310. The number of hydrogen-bond acceptors (Lipinski definition) is 7. The molecule has 5 rings (SSSR count). The molecule has 0 radical (unpaired) electrons. The molecule has 1 saturated carbocycles. The van der Waals surface area contributed by atoms with Gasteiger partial charge in [0, 0.05) is 76.5 Å². The molecule has 0 bridgehead atoms. The first kappa shape index (κ1) is 26.4. The Morgan fingerprint density at radius 1 is 1.13 bits per heavy atom. The highest BCUT2D eigenvalue weighted by Gasteiger charge is 2.48. The fourth-order valence-electron chi connectivity index (χ4n) is 5.24. The van der Waals surface area contributed by atoms with E-state index in [-0.39, 0.29) is 25.3 Å². The molecule has 1 N–H and O–H groups in total. The van der Waals surface area contributed by atoms with Crippen molar-refractivity contribution >= 4 is 18.3 Å².